The quantitative estimate of drug-likeness (QED) is 0.884. The summed E-state index contributed by atoms with van der Waals surface area (Å²) >= 11 is 0. The van der Waals surface area contributed by atoms with Crippen molar-refractivity contribution in [3.63, 3.8) is 0 Å². The Kier molecular flexibility index (Phi) is 4.57. The summed E-state index contributed by atoms with van der Waals surface area (Å²) < 4.78 is 0. The first-order valence-corrected chi connectivity index (χ1v) is 7.03. The number of hydrogen-bond acceptors (Lipinski definition) is 1. The number of nitrogens with one attached hydrogen (secondary N) is 1. The first-order chi connectivity index (χ1) is 9.58. The molecular weight excluding hydrogens is 246 g/mol. The third kappa shape index (κ3) is 3.47. The van der Waals surface area contributed by atoms with E-state index in [0.29, 0.717) is 0 Å². The minimum Gasteiger partial charge on any atom is -0.349 e. The summed E-state index contributed by atoms with van der Waals surface area (Å²) in [6.07, 6.45) is 0. The number of carbonyl (C=O) groups excluding carboxylic acids is 1. The second-order valence-electron chi connectivity index (χ2n) is 5.37. The summed E-state index contributed by atoms with van der Waals surface area (Å²) in [5, 5.41) is 3.02. The molecule has 2 aromatic carbocycles. The lowest BCUT2D eigenvalue weighted by atomic mass is 10.0. The molecule has 0 aliphatic carbocycles. The van der Waals surface area contributed by atoms with Crippen LogP contribution in [-0.4, -0.2) is 5.91 Å². The van der Waals surface area contributed by atoms with Gasteiger partial charge in [0.2, 0.25) is 5.91 Å². The molecular formula is C18H21NO. The van der Waals surface area contributed by atoms with Crippen molar-refractivity contribution in [2.75, 3.05) is 0 Å². The molecule has 2 heteroatoms. The van der Waals surface area contributed by atoms with Crippen molar-refractivity contribution < 1.29 is 4.79 Å². The highest BCUT2D eigenvalue weighted by Gasteiger charge is 2.12. The van der Waals surface area contributed by atoms with Gasteiger partial charge >= 0.3 is 0 Å². The van der Waals surface area contributed by atoms with E-state index in [9.17, 15) is 4.79 Å². The van der Waals surface area contributed by atoms with Crippen LogP contribution < -0.4 is 5.32 Å². The van der Waals surface area contributed by atoms with Crippen LogP contribution in [0.2, 0.25) is 0 Å². The smallest absolute Gasteiger partial charge is 0.223 e. The molecule has 0 fully saturated rings. The van der Waals surface area contributed by atoms with Gasteiger partial charge in [-0.2, -0.15) is 0 Å². The molecule has 1 N–H and O–H groups in total. The third-order valence-corrected chi connectivity index (χ3v) is 3.40. The van der Waals surface area contributed by atoms with Crippen LogP contribution in [0.1, 0.15) is 32.4 Å². The van der Waals surface area contributed by atoms with Crippen LogP contribution in [0.5, 0.6) is 0 Å². The molecule has 104 valence electrons. The monoisotopic (exact) mass is 267 g/mol. The van der Waals surface area contributed by atoms with Gasteiger partial charge < -0.3 is 5.32 Å². The van der Waals surface area contributed by atoms with E-state index < -0.39 is 0 Å². The van der Waals surface area contributed by atoms with E-state index in [-0.39, 0.29) is 17.9 Å². The number of benzene rings is 2. The lowest BCUT2D eigenvalue weighted by molar-refractivity contribution is -0.124. The molecule has 0 radical (unpaired) electrons. The molecule has 0 aromatic heterocycles. The average molecular weight is 267 g/mol. The summed E-state index contributed by atoms with van der Waals surface area (Å²) in [6.45, 7) is 5.82. The summed E-state index contributed by atoms with van der Waals surface area (Å²) in [7, 11) is 0. The van der Waals surface area contributed by atoms with Gasteiger partial charge in [0.25, 0.3) is 0 Å². The van der Waals surface area contributed by atoms with Crippen molar-refractivity contribution in [1.29, 1.82) is 0 Å². The maximum Gasteiger partial charge on any atom is 0.223 e. The number of amides is 1. The molecule has 0 saturated heterocycles. The Morgan fingerprint density at radius 1 is 0.850 bits per heavy atom. The van der Waals surface area contributed by atoms with E-state index in [1.165, 1.54) is 11.1 Å². The van der Waals surface area contributed by atoms with Gasteiger partial charge in [0.05, 0.1) is 6.04 Å². The van der Waals surface area contributed by atoms with Gasteiger partial charge in [-0.05, 0) is 23.6 Å². The Hall–Kier alpha value is -2.09. The van der Waals surface area contributed by atoms with E-state index in [2.05, 4.69) is 41.7 Å². The van der Waals surface area contributed by atoms with Crippen molar-refractivity contribution in [2.45, 2.75) is 26.8 Å². The maximum atomic E-state index is 11.7. The lowest BCUT2D eigenvalue weighted by Gasteiger charge is -2.16. The van der Waals surface area contributed by atoms with Crippen LogP contribution in [0.25, 0.3) is 11.1 Å². The summed E-state index contributed by atoms with van der Waals surface area (Å²) in [5.74, 6) is 0.102. The molecule has 0 unspecified atom stereocenters. The van der Waals surface area contributed by atoms with Gasteiger partial charge in [-0.1, -0.05) is 68.4 Å². The van der Waals surface area contributed by atoms with Crippen molar-refractivity contribution in [2.24, 2.45) is 5.92 Å². The number of carbonyl (C=O) groups is 1. The van der Waals surface area contributed by atoms with E-state index in [1.807, 2.05) is 39.0 Å². The predicted molar refractivity (Wildman–Crippen MR) is 83.3 cm³/mol. The normalized spacial score (nSPS) is 12.2. The van der Waals surface area contributed by atoms with Gasteiger partial charge in [0, 0.05) is 5.92 Å². The van der Waals surface area contributed by atoms with Crippen LogP contribution in [0.15, 0.2) is 54.6 Å². The van der Waals surface area contributed by atoms with Crippen molar-refractivity contribution >= 4 is 5.91 Å². The number of rotatable bonds is 4. The average Bonchev–Trinajstić information content (AvgIpc) is 2.48. The fourth-order valence-electron chi connectivity index (χ4n) is 2.06. The van der Waals surface area contributed by atoms with Crippen molar-refractivity contribution in [3.8, 4) is 11.1 Å². The van der Waals surface area contributed by atoms with Crippen LogP contribution in [-0.2, 0) is 4.79 Å². The Morgan fingerprint density at radius 3 is 1.95 bits per heavy atom. The van der Waals surface area contributed by atoms with Crippen LogP contribution in [0, 0.1) is 5.92 Å². The van der Waals surface area contributed by atoms with Crippen LogP contribution in [0.3, 0.4) is 0 Å². The van der Waals surface area contributed by atoms with Crippen molar-refractivity contribution in [1.82, 2.24) is 5.32 Å². The highest BCUT2D eigenvalue weighted by Crippen LogP contribution is 2.21. The molecule has 0 saturated carbocycles. The Labute approximate surface area is 120 Å². The molecule has 0 aliphatic heterocycles. The summed E-state index contributed by atoms with van der Waals surface area (Å²) in [6, 6.07) is 18.7. The molecule has 2 nitrogen and oxygen atoms in total. The van der Waals surface area contributed by atoms with Crippen LogP contribution >= 0.6 is 0 Å². The lowest BCUT2D eigenvalue weighted by Crippen LogP contribution is -2.30. The van der Waals surface area contributed by atoms with E-state index >= 15 is 0 Å². The zero-order valence-corrected chi connectivity index (χ0v) is 12.3. The van der Waals surface area contributed by atoms with Gasteiger partial charge in [-0.3, -0.25) is 4.79 Å². The molecule has 2 aromatic rings. The standard InChI is InChI=1S/C18H21NO/c1-13(2)18(20)19-14(3)15-9-11-17(12-10-15)16-7-5-4-6-8-16/h4-14H,1-3H3,(H,19,20)/t14-/m1/s1. The topological polar surface area (TPSA) is 29.1 Å². The van der Waals surface area contributed by atoms with Gasteiger partial charge in [0.15, 0.2) is 0 Å². The fourth-order valence-corrected chi connectivity index (χ4v) is 2.06. The highest BCUT2D eigenvalue weighted by molar-refractivity contribution is 5.78. The minimum absolute atomic E-state index is 0.0149. The highest BCUT2D eigenvalue weighted by atomic mass is 16.1. The molecule has 2 rings (SSSR count). The Morgan fingerprint density at radius 2 is 1.40 bits per heavy atom. The SMILES string of the molecule is CC(C)C(=O)N[C@H](C)c1ccc(-c2ccccc2)cc1. The Bertz CT molecular complexity index is 558. The first kappa shape index (κ1) is 14.3. The zero-order valence-electron chi connectivity index (χ0n) is 12.3. The molecule has 0 spiro atoms. The van der Waals surface area contributed by atoms with Gasteiger partial charge in [-0.15, -0.1) is 0 Å². The largest absolute Gasteiger partial charge is 0.349 e. The number of hydrogen-bond donors (Lipinski definition) is 1. The first-order valence-electron chi connectivity index (χ1n) is 7.03. The van der Waals surface area contributed by atoms with Gasteiger partial charge in [-0.25, -0.2) is 0 Å². The molecule has 0 heterocycles. The van der Waals surface area contributed by atoms with E-state index in [4.69, 9.17) is 0 Å². The van der Waals surface area contributed by atoms with Crippen LogP contribution in [0.4, 0.5) is 0 Å². The molecule has 1 atom stereocenters. The summed E-state index contributed by atoms with van der Waals surface area (Å²) in [5.41, 5.74) is 3.52. The molecule has 0 aliphatic rings. The van der Waals surface area contributed by atoms with Gasteiger partial charge in [0.1, 0.15) is 0 Å². The second-order valence-corrected chi connectivity index (χ2v) is 5.37. The predicted octanol–water partition coefficient (Wildman–Crippen LogP) is 4.19. The Balaban J connectivity index is 2.10. The zero-order chi connectivity index (χ0) is 14.5. The fraction of sp³-hybridized carbons (Fsp3) is 0.278. The molecule has 1 amide bonds. The molecule has 20 heavy (non-hydrogen) atoms. The second kappa shape index (κ2) is 6.38. The minimum atomic E-state index is 0.0149. The van der Waals surface area contributed by atoms with Crippen molar-refractivity contribution in [3.05, 3.63) is 60.2 Å². The third-order valence-electron chi connectivity index (χ3n) is 3.40. The summed E-state index contributed by atoms with van der Waals surface area (Å²) in [4.78, 5) is 11.7. The van der Waals surface area contributed by atoms with E-state index in [0.717, 1.165) is 5.56 Å². The molecule has 0 bridgehead atoms. The maximum absolute atomic E-state index is 11.7. The van der Waals surface area contributed by atoms with E-state index in [1.54, 1.807) is 0 Å².